The molecule has 1 heterocycles. The lowest BCUT2D eigenvalue weighted by molar-refractivity contribution is -0.114. The van der Waals surface area contributed by atoms with Crippen LogP contribution >= 0.6 is 0 Å². The van der Waals surface area contributed by atoms with E-state index >= 15 is 0 Å². The molecule has 0 spiro atoms. The summed E-state index contributed by atoms with van der Waals surface area (Å²) >= 11 is 0. The molecule has 2 aliphatic carbocycles. The van der Waals surface area contributed by atoms with Gasteiger partial charge in [-0.1, -0.05) is 40.4 Å². The van der Waals surface area contributed by atoms with Crippen molar-refractivity contribution in [1.29, 1.82) is 0 Å². The fraction of sp³-hybridized carbons (Fsp3) is 1.00. The summed E-state index contributed by atoms with van der Waals surface area (Å²) in [5, 5.41) is 10.8. The van der Waals surface area contributed by atoms with Crippen LogP contribution < -0.4 is 0 Å². The Bertz CT molecular complexity index is 373. The molecule has 1 aliphatic heterocycles. The first-order chi connectivity index (χ1) is 7.05. The second kappa shape index (κ2) is 2.32. The van der Waals surface area contributed by atoms with Crippen molar-refractivity contribution in [3.8, 4) is 0 Å². The Hall–Kier alpha value is 0.137. The summed E-state index contributed by atoms with van der Waals surface area (Å²) in [6.07, 6.45) is 2.35. The first-order valence-corrected chi connectivity index (χ1v) is 9.97. The molecule has 4 atom stereocenters. The molecular weight excluding hydrogens is 216 g/mol. The lowest BCUT2D eigenvalue weighted by atomic mass is 9.69. The molecule has 0 aromatic rings. The first-order valence-electron chi connectivity index (χ1n) is 6.47. The first kappa shape index (κ1) is 11.2. The van der Waals surface area contributed by atoms with Crippen LogP contribution in [0, 0.1) is 16.7 Å². The van der Waals surface area contributed by atoms with Crippen LogP contribution in [0.15, 0.2) is 0 Å². The number of rotatable bonds is 1. The van der Waals surface area contributed by atoms with Gasteiger partial charge >= 0.3 is 0 Å². The van der Waals surface area contributed by atoms with E-state index in [-0.39, 0.29) is 16.1 Å². The smallest absolute Gasteiger partial charge is 0.198 e. The van der Waals surface area contributed by atoms with E-state index in [4.69, 9.17) is 4.74 Å². The molecule has 16 heavy (non-hydrogen) atoms. The van der Waals surface area contributed by atoms with Gasteiger partial charge in [0.05, 0.1) is 8.07 Å². The molecule has 2 bridgehead atoms. The van der Waals surface area contributed by atoms with E-state index in [0.717, 1.165) is 6.42 Å². The van der Waals surface area contributed by atoms with Gasteiger partial charge in [0, 0.05) is 5.41 Å². The minimum absolute atomic E-state index is 0.0368. The Morgan fingerprint density at radius 1 is 1.19 bits per heavy atom. The normalized spacial score (nSPS) is 57.6. The van der Waals surface area contributed by atoms with Crippen molar-refractivity contribution in [2.45, 2.75) is 64.3 Å². The highest BCUT2D eigenvalue weighted by Crippen LogP contribution is 2.83. The molecule has 0 radical (unpaired) electrons. The number of fused-ring (bicyclic) bond motifs is 5. The van der Waals surface area contributed by atoms with Crippen LogP contribution in [0.4, 0.5) is 0 Å². The third kappa shape index (κ3) is 0.722. The quantitative estimate of drug-likeness (QED) is 0.565. The topological polar surface area (TPSA) is 32.8 Å². The monoisotopic (exact) mass is 240 g/mol. The molecule has 0 amide bonds. The maximum absolute atomic E-state index is 11.0. The molecule has 3 rings (SSSR count). The van der Waals surface area contributed by atoms with E-state index in [9.17, 15) is 5.11 Å². The number of aliphatic hydroxyl groups is 1. The Kier molecular flexibility index (Phi) is 1.63. The zero-order valence-corrected chi connectivity index (χ0v) is 12.3. The SMILES string of the molecule is CC1(C)[C@H]2CC[C@@]1(C)[C@]1(O)OC21[Si](C)(C)C. The van der Waals surface area contributed by atoms with Gasteiger partial charge in [-0.25, -0.2) is 0 Å². The van der Waals surface area contributed by atoms with Crippen LogP contribution in [0.3, 0.4) is 0 Å². The maximum atomic E-state index is 11.0. The van der Waals surface area contributed by atoms with E-state index in [1.807, 2.05) is 0 Å². The predicted octanol–water partition coefficient (Wildman–Crippen LogP) is 2.78. The standard InChI is InChI=1S/C13H24O2Si/c1-10(2)9-7-8-11(10,3)13(14)12(9,15-13)16(4,5)6/h9,14H,7-8H2,1-6H3/t9-,11-,12?,13+/m1/s1. The van der Waals surface area contributed by atoms with Crippen LogP contribution in [0.25, 0.3) is 0 Å². The molecule has 2 nitrogen and oxygen atoms in total. The molecule has 2 saturated carbocycles. The van der Waals surface area contributed by atoms with Crippen molar-refractivity contribution in [2.75, 3.05) is 0 Å². The fourth-order valence-corrected chi connectivity index (χ4v) is 8.34. The van der Waals surface area contributed by atoms with E-state index in [2.05, 4.69) is 40.4 Å². The summed E-state index contributed by atoms with van der Waals surface area (Å²) in [5.74, 6) is -0.252. The molecule has 92 valence electrons. The lowest BCUT2D eigenvalue weighted by Gasteiger charge is -2.38. The highest BCUT2D eigenvalue weighted by Gasteiger charge is 2.94. The van der Waals surface area contributed by atoms with Crippen molar-refractivity contribution in [3.63, 3.8) is 0 Å². The number of hydrogen-bond donors (Lipinski definition) is 1. The zero-order chi connectivity index (χ0) is 12.2. The molecule has 1 N–H and O–H groups in total. The average Bonchev–Trinajstić information content (AvgIpc) is 2.64. The largest absolute Gasteiger partial charge is 0.363 e. The van der Waals surface area contributed by atoms with E-state index in [1.165, 1.54) is 6.42 Å². The van der Waals surface area contributed by atoms with Gasteiger partial charge < -0.3 is 9.84 Å². The number of ether oxygens (including phenoxy) is 1. The van der Waals surface area contributed by atoms with Crippen molar-refractivity contribution < 1.29 is 9.84 Å². The average molecular weight is 240 g/mol. The Balaban J connectivity index is 2.19. The van der Waals surface area contributed by atoms with Crippen LogP contribution in [0.2, 0.25) is 19.6 Å². The van der Waals surface area contributed by atoms with Crippen LogP contribution in [0.5, 0.6) is 0 Å². The van der Waals surface area contributed by atoms with Crippen LogP contribution in [0.1, 0.15) is 33.6 Å². The summed E-state index contributed by atoms with van der Waals surface area (Å²) < 4.78 is 6.04. The van der Waals surface area contributed by atoms with E-state index in [0.29, 0.717) is 5.92 Å². The summed E-state index contributed by atoms with van der Waals surface area (Å²) in [5.41, 5.74) is 0.186. The highest BCUT2D eigenvalue weighted by atomic mass is 28.3. The molecule has 1 saturated heterocycles. The molecule has 3 heteroatoms. The third-order valence-corrected chi connectivity index (χ3v) is 9.37. The molecule has 3 aliphatic rings. The molecule has 1 unspecified atom stereocenters. The molecule has 3 fully saturated rings. The summed E-state index contributed by atoms with van der Waals surface area (Å²) in [6.45, 7) is 13.9. The van der Waals surface area contributed by atoms with Crippen molar-refractivity contribution in [1.82, 2.24) is 0 Å². The fourth-order valence-electron chi connectivity index (χ4n) is 5.04. The Morgan fingerprint density at radius 2 is 1.75 bits per heavy atom. The van der Waals surface area contributed by atoms with Gasteiger partial charge in [0.25, 0.3) is 0 Å². The third-order valence-electron chi connectivity index (χ3n) is 6.35. The van der Waals surface area contributed by atoms with E-state index < -0.39 is 13.9 Å². The van der Waals surface area contributed by atoms with Crippen molar-refractivity contribution in [2.24, 2.45) is 16.7 Å². The van der Waals surface area contributed by atoms with Crippen molar-refractivity contribution >= 4 is 8.07 Å². The summed E-state index contributed by atoms with van der Waals surface area (Å²) in [7, 11) is -1.51. The minimum Gasteiger partial charge on any atom is -0.363 e. The zero-order valence-electron chi connectivity index (χ0n) is 11.3. The second-order valence-corrected chi connectivity index (χ2v) is 13.1. The predicted molar refractivity (Wildman–Crippen MR) is 66.7 cm³/mol. The highest BCUT2D eigenvalue weighted by molar-refractivity contribution is 6.80. The van der Waals surface area contributed by atoms with Gasteiger partial charge in [-0.15, -0.1) is 0 Å². The summed E-state index contributed by atoms with van der Waals surface area (Å²) in [6, 6.07) is 0. The Labute approximate surface area is 99.4 Å². The molecular formula is C13H24O2Si. The van der Waals surface area contributed by atoms with Gasteiger partial charge in [0.2, 0.25) is 0 Å². The molecule has 0 aromatic heterocycles. The number of epoxide rings is 1. The van der Waals surface area contributed by atoms with Gasteiger partial charge in [-0.2, -0.15) is 0 Å². The molecule has 0 aromatic carbocycles. The second-order valence-electron chi connectivity index (χ2n) is 7.88. The minimum atomic E-state index is -1.51. The number of hydrogen-bond acceptors (Lipinski definition) is 2. The van der Waals surface area contributed by atoms with Crippen LogP contribution in [-0.2, 0) is 4.74 Å². The summed E-state index contributed by atoms with van der Waals surface area (Å²) in [4.78, 5) is 0. The van der Waals surface area contributed by atoms with Crippen LogP contribution in [-0.4, -0.2) is 24.2 Å². The van der Waals surface area contributed by atoms with Gasteiger partial charge in [-0.3, -0.25) is 0 Å². The van der Waals surface area contributed by atoms with Crippen molar-refractivity contribution in [3.05, 3.63) is 0 Å². The van der Waals surface area contributed by atoms with E-state index in [1.54, 1.807) is 0 Å². The lowest BCUT2D eigenvalue weighted by Crippen LogP contribution is -2.52. The van der Waals surface area contributed by atoms with Gasteiger partial charge in [-0.05, 0) is 24.2 Å². The maximum Gasteiger partial charge on any atom is 0.198 e. The van der Waals surface area contributed by atoms with Gasteiger partial charge in [0.1, 0.15) is 5.22 Å². The Morgan fingerprint density at radius 3 is 2.06 bits per heavy atom. The van der Waals surface area contributed by atoms with Gasteiger partial charge in [0.15, 0.2) is 5.79 Å².